The molecule has 1 amide bonds. The number of aliphatic hydroxyl groups excluding tert-OH is 1. The highest BCUT2D eigenvalue weighted by Gasteiger charge is 2.43. The van der Waals surface area contributed by atoms with Crippen molar-refractivity contribution in [3.63, 3.8) is 0 Å². The first-order chi connectivity index (χ1) is 15.6. The second-order valence-corrected chi connectivity index (χ2v) is 8.38. The number of nitrogens with one attached hydrogen (secondary N) is 1. The number of aromatic nitrogens is 1. The lowest BCUT2D eigenvalue weighted by atomic mass is 10.0. The van der Waals surface area contributed by atoms with Crippen LogP contribution in [0.4, 0.5) is 13.2 Å². The minimum absolute atomic E-state index is 0.0330. The Hall–Kier alpha value is -2.89. The molecule has 0 aliphatic carbocycles. The van der Waals surface area contributed by atoms with Crippen LogP contribution in [0.15, 0.2) is 23.1 Å². The summed E-state index contributed by atoms with van der Waals surface area (Å²) in [6.45, 7) is 1.65. The second-order valence-electron chi connectivity index (χ2n) is 8.38. The number of rotatable bonds is 4. The number of hydrogen-bond donors (Lipinski definition) is 3. The third kappa shape index (κ3) is 4.00. The smallest absolute Gasteiger partial charge is 0.257 e. The lowest BCUT2D eigenvalue weighted by molar-refractivity contribution is -0.0630. The van der Waals surface area contributed by atoms with E-state index in [9.17, 15) is 33.0 Å². The van der Waals surface area contributed by atoms with Gasteiger partial charge in [0.2, 0.25) is 5.43 Å². The largest absolute Gasteiger partial charge is 0.503 e. The van der Waals surface area contributed by atoms with Crippen LogP contribution in [-0.2, 0) is 11.3 Å². The van der Waals surface area contributed by atoms with Gasteiger partial charge in [0.25, 0.3) is 5.91 Å². The zero-order valence-electron chi connectivity index (χ0n) is 18.0. The van der Waals surface area contributed by atoms with E-state index < -0.39 is 64.5 Å². The molecular formula is C22H24F3N3O5. The predicted molar refractivity (Wildman–Crippen MR) is 110 cm³/mol. The molecule has 1 fully saturated rings. The number of fused-ring (bicyclic) bond motifs is 4. The van der Waals surface area contributed by atoms with Crippen LogP contribution in [0.1, 0.15) is 53.7 Å². The minimum Gasteiger partial charge on any atom is -0.503 e. The molecule has 1 saturated heterocycles. The van der Waals surface area contributed by atoms with E-state index in [0.717, 1.165) is 0 Å². The summed E-state index contributed by atoms with van der Waals surface area (Å²) in [5, 5.41) is 23.7. The summed E-state index contributed by atoms with van der Waals surface area (Å²) in [6.07, 6.45) is 1.02. The highest BCUT2D eigenvalue weighted by atomic mass is 19.1. The first-order valence-corrected chi connectivity index (χ1v) is 10.5. The van der Waals surface area contributed by atoms with Gasteiger partial charge in [0, 0.05) is 50.1 Å². The quantitative estimate of drug-likeness (QED) is 0.635. The van der Waals surface area contributed by atoms with Gasteiger partial charge in [0.1, 0.15) is 28.7 Å². The van der Waals surface area contributed by atoms with Crippen molar-refractivity contribution in [2.24, 2.45) is 0 Å². The SMILES string of the molecule is CO[C@H]1CC[C@H](C)N2C[C@H]1n1cc(C(=O)NCc3c(F)cc(F)cc3F)c(=O)c(O)c1C2O. The van der Waals surface area contributed by atoms with E-state index in [1.54, 1.807) is 4.90 Å². The third-order valence-electron chi connectivity index (χ3n) is 6.51. The molecule has 2 aliphatic rings. The molecule has 1 aromatic carbocycles. The van der Waals surface area contributed by atoms with E-state index in [2.05, 4.69) is 5.32 Å². The number of carbonyl (C=O) groups is 1. The van der Waals surface area contributed by atoms with Crippen molar-refractivity contribution in [1.82, 2.24) is 14.8 Å². The minimum atomic E-state index is -1.26. The summed E-state index contributed by atoms with van der Waals surface area (Å²) in [5.41, 5.74) is -2.11. The fourth-order valence-electron chi connectivity index (χ4n) is 4.65. The molecule has 11 heteroatoms. The molecule has 4 rings (SSSR count). The van der Waals surface area contributed by atoms with Gasteiger partial charge >= 0.3 is 0 Å². The van der Waals surface area contributed by atoms with Gasteiger partial charge in [0.15, 0.2) is 12.0 Å². The number of nitrogens with zero attached hydrogens (tertiary/aromatic N) is 2. The Morgan fingerprint density at radius 3 is 2.55 bits per heavy atom. The van der Waals surface area contributed by atoms with Crippen LogP contribution in [0.25, 0.3) is 0 Å². The first kappa shape index (κ1) is 23.3. The number of aromatic hydroxyl groups is 1. The van der Waals surface area contributed by atoms with E-state index in [-0.39, 0.29) is 17.8 Å². The molecule has 33 heavy (non-hydrogen) atoms. The van der Waals surface area contributed by atoms with Crippen LogP contribution in [0.5, 0.6) is 5.75 Å². The Bertz CT molecular complexity index is 1130. The zero-order chi connectivity index (χ0) is 24.0. The van der Waals surface area contributed by atoms with Crippen molar-refractivity contribution in [1.29, 1.82) is 0 Å². The number of amides is 1. The molecule has 2 bridgehead atoms. The van der Waals surface area contributed by atoms with Crippen molar-refractivity contribution >= 4 is 5.91 Å². The lowest BCUT2D eigenvalue weighted by Crippen LogP contribution is -2.47. The van der Waals surface area contributed by atoms with Gasteiger partial charge in [-0.1, -0.05) is 0 Å². The zero-order valence-corrected chi connectivity index (χ0v) is 18.0. The first-order valence-electron chi connectivity index (χ1n) is 10.5. The van der Waals surface area contributed by atoms with Gasteiger partial charge in [-0.15, -0.1) is 0 Å². The van der Waals surface area contributed by atoms with E-state index in [1.807, 2.05) is 6.92 Å². The molecule has 2 aromatic rings. The molecule has 3 heterocycles. The molecule has 1 aromatic heterocycles. The van der Waals surface area contributed by atoms with Crippen LogP contribution in [0.2, 0.25) is 0 Å². The molecule has 5 atom stereocenters. The summed E-state index contributed by atoms with van der Waals surface area (Å²) in [5.74, 6) is -5.24. The van der Waals surface area contributed by atoms with Gasteiger partial charge in [-0.25, -0.2) is 13.2 Å². The van der Waals surface area contributed by atoms with Gasteiger partial charge in [-0.05, 0) is 19.8 Å². The van der Waals surface area contributed by atoms with Crippen LogP contribution < -0.4 is 10.7 Å². The van der Waals surface area contributed by atoms with Crippen molar-refractivity contribution in [3.05, 3.63) is 62.8 Å². The van der Waals surface area contributed by atoms with E-state index >= 15 is 0 Å². The Balaban J connectivity index is 1.71. The van der Waals surface area contributed by atoms with Crippen molar-refractivity contribution in [3.8, 4) is 5.75 Å². The highest BCUT2D eigenvalue weighted by molar-refractivity contribution is 5.94. The second kappa shape index (κ2) is 8.81. The summed E-state index contributed by atoms with van der Waals surface area (Å²) >= 11 is 0. The van der Waals surface area contributed by atoms with Gasteiger partial charge < -0.3 is 24.8 Å². The summed E-state index contributed by atoms with van der Waals surface area (Å²) in [4.78, 5) is 27.3. The maximum atomic E-state index is 13.9. The van der Waals surface area contributed by atoms with Crippen LogP contribution in [-0.4, -0.2) is 51.4 Å². The Morgan fingerprint density at radius 2 is 1.91 bits per heavy atom. The predicted octanol–water partition coefficient (Wildman–Crippen LogP) is 1.95. The summed E-state index contributed by atoms with van der Waals surface area (Å²) in [7, 11) is 1.54. The van der Waals surface area contributed by atoms with Gasteiger partial charge in [-0.2, -0.15) is 0 Å². The van der Waals surface area contributed by atoms with Crippen molar-refractivity contribution in [2.45, 2.75) is 50.7 Å². The fraction of sp³-hybridized carbons (Fsp3) is 0.455. The van der Waals surface area contributed by atoms with Crippen molar-refractivity contribution in [2.75, 3.05) is 13.7 Å². The average Bonchev–Trinajstić information content (AvgIpc) is 2.90. The van der Waals surface area contributed by atoms with Gasteiger partial charge in [0.05, 0.1) is 12.1 Å². The lowest BCUT2D eigenvalue weighted by Gasteiger charge is -2.42. The van der Waals surface area contributed by atoms with Gasteiger partial charge in [-0.3, -0.25) is 14.5 Å². The standard InChI is InChI=1S/C22H24F3N3O5/c1-10-3-4-17(33-2)16-9-27(10)22(32)18-20(30)19(29)13(8-28(16)18)21(31)26-7-12-14(24)5-11(23)6-15(12)25/h5-6,8,10,16-17,22,30,32H,3-4,7,9H2,1-2H3,(H,26,31)/t10-,16+,17-,22?/m0/s1. The fourth-order valence-corrected chi connectivity index (χ4v) is 4.65. The van der Waals surface area contributed by atoms with Crippen LogP contribution >= 0.6 is 0 Å². The summed E-state index contributed by atoms with van der Waals surface area (Å²) in [6, 6.07) is 0.530. The maximum absolute atomic E-state index is 13.9. The number of benzene rings is 1. The molecule has 0 spiro atoms. The molecule has 2 aliphatic heterocycles. The monoisotopic (exact) mass is 467 g/mol. The number of halogens is 3. The van der Waals surface area contributed by atoms with Crippen LogP contribution in [0.3, 0.4) is 0 Å². The Labute approximate surface area is 187 Å². The van der Waals surface area contributed by atoms with Crippen LogP contribution in [0, 0.1) is 17.5 Å². The molecule has 178 valence electrons. The number of methoxy groups -OCH3 is 1. The molecule has 8 nitrogen and oxygen atoms in total. The molecule has 0 saturated carbocycles. The van der Waals surface area contributed by atoms with E-state index in [0.29, 0.717) is 31.5 Å². The number of pyridine rings is 1. The highest BCUT2D eigenvalue weighted by Crippen LogP contribution is 2.40. The van der Waals surface area contributed by atoms with E-state index in [4.69, 9.17) is 4.74 Å². The maximum Gasteiger partial charge on any atom is 0.257 e. The molecule has 0 radical (unpaired) electrons. The molecular weight excluding hydrogens is 443 g/mol. The number of aliphatic hydroxyl groups is 1. The average molecular weight is 467 g/mol. The molecule has 3 N–H and O–H groups in total. The summed E-state index contributed by atoms with van der Waals surface area (Å²) < 4.78 is 47.9. The Morgan fingerprint density at radius 1 is 1.24 bits per heavy atom. The van der Waals surface area contributed by atoms with E-state index in [1.165, 1.54) is 17.9 Å². The number of hydrogen-bond acceptors (Lipinski definition) is 6. The number of ether oxygens (including phenoxy) is 1. The topological polar surface area (TPSA) is 104 Å². The van der Waals surface area contributed by atoms with Crippen molar-refractivity contribution < 1.29 is 32.9 Å². The third-order valence-corrected chi connectivity index (χ3v) is 6.51. The molecule has 2 unspecified atom stereocenters. The normalized spacial score (nSPS) is 26.4. The number of carbonyl (C=O) groups excluding carboxylic acids is 1. The Kier molecular flexibility index (Phi) is 6.21.